The van der Waals surface area contributed by atoms with Gasteiger partial charge in [-0.2, -0.15) is 5.10 Å². The average Bonchev–Trinajstić information content (AvgIpc) is 2.65. The third kappa shape index (κ3) is 7.93. The Morgan fingerprint density at radius 1 is 1.19 bits per heavy atom. The second kappa shape index (κ2) is 11.6. The molecule has 0 aliphatic heterocycles. The summed E-state index contributed by atoms with van der Waals surface area (Å²) in [5, 5.41) is 4.70. The second-order valence-electron chi connectivity index (χ2n) is 5.68. The van der Waals surface area contributed by atoms with Gasteiger partial charge < -0.3 is 4.74 Å². The van der Waals surface area contributed by atoms with E-state index in [1.165, 1.54) is 11.8 Å². The van der Waals surface area contributed by atoms with Gasteiger partial charge in [-0.1, -0.05) is 37.1 Å². The summed E-state index contributed by atoms with van der Waals surface area (Å²) in [7, 11) is 0. The molecule has 0 atom stereocenters. The number of ether oxygens (including phenoxy) is 1. The molecule has 0 saturated heterocycles. The first-order valence-electron chi connectivity index (χ1n) is 8.54. The highest BCUT2D eigenvalue weighted by Crippen LogP contribution is 2.15. The molecule has 2 aromatic carbocycles. The van der Waals surface area contributed by atoms with Crippen molar-refractivity contribution >= 4 is 35.5 Å². The van der Waals surface area contributed by atoms with Crippen molar-refractivity contribution < 1.29 is 9.53 Å². The fourth-order valence-electron chi connectivity index (χ4n) is 2.04. The molecule has 6 heteroatoms. The first kappa shape index (κ1) is 20.3. The number of halogens is 1. The van der Waals surface area contributed by atoms with Crippen LogP contribution in [0.5, 0.6) is 5.75 Å². The number of nitrogens with zero attached hydrogens (tertiary/aromatic N) is 1. The SMILES string of the molecule is CCCCOc1ccc(/C=N\NC(=O)CSCc2ccc(Cl)cc2)cc1. The smallest absolute Gasteiger partial charge is 0.250 e. The molecule has 0 spiro atoms. The van der Waals surface area contributed by atoms with E-state index in [1.807, 2.05) is 48.5 Å². The van der Waals surface area contributed by atoms with E-state index in [0.29, 0.717) is 10.8 Å². The third-order valence-electron chi connectivity index (χ3n) is 3.46. The molecule has 2 aromatic rings. The van der Waals surface area contributed by atoms with Crippen molar-refractivity contribution in [1.82, 2.24) is 5.43 Å². The van der Waals surface area contributed by atoms with E-state index < -0.39 is 0 Å². The van der Waals surface area contributed by atoms with Crippen LogP contribution >= 0.6 is 23.4 Å². The average molecular weight is 391 g/mol. The van der Waals surface area contributed by atoms with Gasteiger partial charge >= 0.3 is 0 Å². The quantitative estimate of drug-likeness (QED) is 0.356. The molecule has 0 saturated carbocycles. The van der Waals surface area contributed by atoms with Gasteiger partial charge in [0.25, 0.3) is 0 Å². The van der Waals surface area contributed by atoms with Gasteiger partial charge in [-0.15, -0.1) is 11.8 Å². The second-order valence-corrected chi connectivity index (χ2v) is 7.11. The van der Waals surface area contributed by atoms with Crippen LogP contribution in [-0.2, 0) is 10.5 Å². The number of benzene rings is 2. The highest BCUT2D eigenvalue weighted by atomic mass is 35.5. The molecule has 0 fully saturated rings. The van der Waals surface area contributed by atoms with Crippen LogP contribution in [0.25, 0.3) is 0 Å². The Bertz CT molecular complexity index is 703. The predicted octanol–water partition coefficient (Wildman–Crippen LogP) is 4.90. The molecule has 0 aliphatic carbocycles. The monoisotopic (exact) mass is 390 g/mol. The largest absolute Gasteiger partial charge is 0.494 e. The van der Waals surface area contributed by atoms with E-state index in [1.54, 1.807) is 6.21 Å². The van der Waals surface area contributed by atoms with Crippen LogP contribution in [0.2, 0.25) is 5.02 Å². The van der Waals surface area contributed by atoms with Crippen LogP contribution in [0.1, 0.15) is 30.9 Å². The van der Waals surface area contributed by atoms with Gasteiger partial charge in [-0.3, -0.25) is 4.79 Å². The van der Waals surface area contributed by atoms with Crippen molar-refractivity contribution in [2.75, 3.05) is 12.4 Å². The maximum Gasteiger partial charge on any atom is 0.250 e. The van der Waals surface area contributed by atoms with Crippen LogP contribution < -0.4 is 10.2 Å². The molecular weight excluding hydrogens is 368 g/mol. The van der Waals surface area contributed by atoms with Gasteiger partial charge in [-0.25, -0.2) is 5.43 Å². The third-order valence-corrected chi connectivity index (χ3v) is 4.72. The van der Waals surface area contributed by atoms with Crippen LogP contribution in [0.4, 0.5) is 0 Å². The van der Waals surface area contributed by atoms with Gasteiger partial charge in [0.15, 0.2) is 0 Å². The fraction of sp³-hybridized carbons (Fsp3) is 0.300. The molecule has 0 aliphatic rings. The highest BCUT2D eigenvalue weighted by molar-refractivity contribution is 7.99. The minimum absolute atomic E-state index is 0.125. The Balaban J connectivity index is 1.66. The lowest BCUT2D eigenvalue weighted by Crippen LogP contribution is -2.19. The number of rotatable bonds is 10. The predicted molar refractivity (Wildman–Crippen MR) is 110 cm³/mol. The van der Waals surface area contributed by atoms with E-state index in [0.717, 1.165) is 42.1 Å². The Labute approximate surface area is 164 Å². The molecule has 0 aromatic heterocycles. The summed E-state index contributed by atoms with van der Waals surface area (Å²) in [6.45, 7) is 2.86. The summed E-state index contributed by atoms with van der Waals surface area (Å²) in [5.41, 5.74) is 4.58. The number of unbranched alkanes of at least 4 members (excludes halogenated alkanes) is 1. The molecule has 4 nitrogen and oxygen atoms in total. The molecule has 0 bridgehead atoms. The van der Waals surface area contributed by atoms with E-state index in [9.17, 15) is 4.79 Å². The lowest BCUT2D eigenvalue weighted by molar-refractivity contribution is -0.118. The Kier molecular flexibility index (Phi) is 9.07. The van der Waals surface area contributed by atoms with Crippen LogP contribution in [0.15, 0.2) is 53.6 Å². The summed E-state index contributed by atoms with van der Waals surface area (Å²) < 4.78 is 5.61. The molecule has 26 heavy (non-hydrogen) atoms. The molecule has 1 N–H and O–H groups in total. The Morgan fingerprint density at radius 3 is 2.62 bits per heavy atom. The standard InChI is InChI=1S/C20H23ClN2O2S/c1-2-3-12-25-19-10-6-16(7-11-19)13-22-23-20(24)15-26-14-17-4-8-18(21)9-5-17/h4-11,13H,2-3,12,14-15H2,1H3,(H,23,24)/b22-13-. The Hall–Kier alpha value is -1.98. The van der Waals surface area contributed by atoms with Gasteiger partial charge in [-0.05, 0) is 53.9 Å². The number of amides is 1. The molecule has 0 radical (unpaired) electrons. The maximum absolute atomic E-state index is 11.8. The van der Waals surface area contributed by atoms with Gasteiger partial charge in [0.1, 0.15) is 5.75 Å². The van der Waals surface area contributed by atoms with Crippen LogP contribution in [-0.4, -0.2) is 24.5 Å². The van der Waals surface area contributed by atoms with Crippen molar-refractivity contribution in [1.29, 1.82) is 0 Å². The summed E-state index contributed by atoms with van der Waals surface area (Å²) in [5.74, 6) is 1.83. The van der Waals surface area contributed by atoms with E-state index in [2.05, 4.69) is 17.5 Å². The highest BCUT2D eigenvalue weighted by Gasteiger charge is 2.01. The summed E-state index contributed by atoms with van der Waals surface area (Å²) >= 11 is 7.38. The zero-order valence-electron chi connectivity index (χ0n) is 14.8. The van der Waals surface area contributed by atoms with Crippen molar-refractivity contribution in [3.8, 4) is 5.75 Å². The fourth-order valence-corrected chi connectivity index (χ4v) is 2.94. The topological polar surface area (TPSA) is 50.7 Å². The minimum atomic E-state index is -0.125. The van der Waals surface area contributed by atoms with Crippen molar-refractivity contribution in [2.45, 2.75) is 25.5 Å². The minimum Gasteiger partial charge on any atom is -0.494 e. The Morgan fingerprint density at radius 2 is 1.92 bits per heavy atom. The van der Waals surface area contributed by atoms with E-state index in [-0.39, 0.29) is 5.91 Å². The van der Waals surface area contributed by atoms with Gasteiger partial charge in [0, 0.05) is 10.8 Å². The van der Waals surface area contributed by atoms with Crippen molar-refractivity contribution in [2.24, 2.45) is 5.10 Å². The number of nitrogens with one attached hydrogen (secondary N) is 1. The van der Waals surface area contributed by atoms with Crippen molar-refractivity contribution in [3.05, 3.63) is 64.7 Å². The van der Waals surface area contributed by atoms with E-state index >= 15 is 0 Å². The zero-order valence-corrected chi connectivity index (χ0v) is 16.4. The molecule has 138 valence electrons. The summed E-state index contributed by atoms with van der Waals surface area (Å²) in [6.07, 6.45) is 3.78. The molecule has 2 rings (SSSR count). The van der Waals surface area contributed by atoms with Crippen molar-refractivity contribution in [3.63, 3.8) is 0 Å². The number of carbonyl (C=O) groups excluding carboxylic acids is 1. The first-order valence-corrected chi connectivity index (χ1v) is 10.1. The molecular formula is C20H23ClN2O2S. The number of hydrogen-bond acceptors (Lipinski definition) is 4. The number of hydrogen-bond donors (Lipinski definition) is 1. The molecule has 0 unspecified atom stereocenters. The van der Waals surface area contributed by atoms with Crippen LogP contribution in [0.3, 0.4) is 0 Å². The number of thioether (sulfide) groups is 1. The normalized spacial score (nSPS) is 10.8. The van der Waals surface area contributed by atoms with E-state index in [4.69, 9.17) is 16.3 Å². The summed E-state index contributed by atoms with van der Waals surface area (Å²) in [6, 6.07) is 15.2. The number of carbonyl (C=O) groups is 1. The lowest BCUT2D eigenvalue weighted by atomic mass is 10.2. The lowest BCUT2D eigenvalue weighted by Gasteiger charge is -2.05. The molecule has 1 amide bonds. The first-order chi connectivity index (χ1) is 12.7. The zero-order chi connectivity index (χ0) is 18.6. The number of hydrazone groups is 1. The maximum atomic E-state index is 11.8. The summed E-state index contributed by atoms with van der Waals surface area (Å²) in [4.78, 5) is 11.8. The van der Waals surface area contributed by atoms with Gasteiger partial charge in [0.2, 0.25) is 5.91 Å². The van der Waals surface area contributed by atoms with Crippen LogP contribution in [0, 0.1) is 0 Å². The van der Waals surface area contributed by atoms with Gasteiger partial charge in [0.05, 0.1) is 18.6 Å². The molecule has 0 heterocycles.